The van der Waals surface area contributed by atoms with Gasteiger partial charge in [0.25, 0.3) is 0 Å². The molecule has 1 aromatic carbocycles. The highest BCUT2D eigenvalue weighted by molar-refractivity contribution is 5.78. The average Bonchev–Trinajstić information content (AvgIpc) is 2.48. The zero-order valence-corrected chi connectivity index (χ0v) is 13.9. The number of para-hydroxylation sites is 1. The molecule has 2 rings (SSSR count). The third-order valence-corrected chi connectivity index (χ3v) is 4.52. The highest BCUT2D eigenvalue weighted by Gasteiger charge is 2.34. The molecule has 0 spiro atoms. The van der Waals surface area contributed by atoms with Crippen LogP contribution in [0.15, 0.2) is 36.5 Å². The number of likely N-dealkylation sites (N-methyl/N-ethyl adjacent to an activating group) is 2. The average molecular weight is 285 g/mol. The molecule has 1 aromatic heterocycles. The normalized spacial score (nSPS) is 13.8. The second kappa shape index (κ2) is 6.54. The lowest BCUT2D eigenvalue weighted by molar-refractivity contribution is 0.0944. The Hall–Kier alpha value is -1.45. The molecule has 114 valence electrons. The highest BCUT2D eigenvalue weighted by Crippen LogP contribution is 2.31. The van der Waals surface area contributed by atoms with Gasteiger partial charge in [0.15, 0.2) is 0 Å². The van der Waals surface area contributed by atoms with Crippen molar-refractivity contribution < 1.29 is 0 Å². The van der Waals surface area contributed by atoms with E-state index < -0.39 is 0 Å². The van der Waals surface area contributed by atoms with E-state index in [2.05, 4.69) is 67.2 Å². The van der Waals surface area contributed by atoms with E-state index in [1.165, 1.54) is 10.9 Å². The minimum atomic E-state index is 0.0301. The molecular formula is C18H27N3. The van der Waals surface area contributed by atoms with Gasteiger partial charge in [-0.05, 0) is 51.7 Å². The van der Waals surface area contributed by atoms with Crippen LogP contribution < -0.4 is 5.32 Å². The van der Waals surface area contributed by atoms with Crippen molar-refractivity contribution in [2.75, 3.05) is 20.1 Å². The van der Waals surface area contributed by atoms with Crippen LogP contribution in [0.4, 0.5) is 0 Å². The first-order chi connectivity index (χ1) is 10.0. The van der Waals surface area contributed by atoms with E-state index in [-0.39, 0.29) is 11.6 Å². The fraction of sp³-hybridized carbons (Fsp3) is 0.500. The summed E-state index contributed by atoms with van der Waals surface area (Å²) in [5.74, 6) is 0. The maximum Gasteiger partial charge on any atom is 0.0702 e. The second-order valence-electron chi connectivity index (χ2n) is 6.01. The summed E-state index contributed by atoms with van der Waals surface area (Å²) in [6.07, 6.45) is 2.01. The smallest absolute Gasteiger partial charge is 0.0702 e. The molecule has 3 nitrogen and oxygen atoms in total. The summed E-state index contributed by atoms with van der Waals surface area (Å²) in [5.41, 5.74) is 2.33. The summed E-state index contributed by atoms with van der Waals surface area (Å²) in [6, 6.07) is 10.8. The summed E-state index contributed by atoms with van der Waals surface area (Å²) in [7, 11) is 2.03. The van der Waals surface area contributed by atoms with Gasteiger partial charge in [0, 0.05) is 17.1 Å². The zero-order chi connectivity index (χ0) is 15.5. The third-order valence-electron chi connectivity index (χ3n) is 4.52. The van der Waals surface area contributed by atoms with Crippen LogP contribution in [0.3, 0.4) is 0 Å². The molecule has 0 aliphatic heterocycles. The lowest BCUT2D eigenvalue weighted by Crippen LogP contribution is -2.51. The molecule has 0 aliphatic rings. The fourth-order valence-corrected chi connectivity index (χ4v) is 3.39. The molecule has 0 radical (unpaired) electrons. The highest BCUT2D eigenvalue weighted by atomic mass is 15.2. The van der Waals surface area contributed by atoms with Crippen molar-refractivity contribution >= 4 is 10.9 Å². The Morgan fingerprint density at radius 2 is 1.86 bits per heavy atom. The van der Waals surface area contributed by atoms with Crippen molar-refractivity contribution in [1.29, 1.82) is 0 Å². The van der Waals surface area contributed by atoms with Gasteiger partial charge in [0.05, 0.1) is 11.6 Å². The molecule has 21 heavy (non-hydrogen) atoms. The molecule has 3 heteroatoms. The number of fused-ring (bicyclic) bond motifs is 1. The Morgan fingerprint density at radius 3 is 2.48 bits per heavy atom. The first kappa shape index (κ1) is 15.9. The quantitative estimate of drug-likeness (QED) is 0.878. The van der Waals surface area contributed by atoms with E-state index in [0.29, 0.717) is 0 Å². The van der Waals surface area contributed by atoms with Crippen LogP contribution >= 0.6 is 0 Å². The van der Waals surface area contributed by atoms with Gasteiger partial charge in [-0.15, -0.1) is 0 Å². The summed E-state index contributed by atoms with van der Waals surface area (Å²) in [6.45, 7) is 11.1. The van der Waals surface area contributed by atoms with Crippen LogP contribution in [0.5, 0.6) is 0 Å². The zero-order valence-electron chi connectivity index (χ0n) is 13.9. The van der Waals surface area contributed by atoms with Crippen molar-refractivity contribution in [2.24, 2.45) is 0 Å². The molecule has 0 fully saturated rings. The maximum absolute atomic E-state index is 4.62. The first-order valence-electron chi connectivity index (χ1n) is 7.81. The second-order valence-corrected chi connectivity index (χ2v) is 6.01. The lowest BCUT2D eigenvalue weighted by Gasteiger charge is -2.43. The Labute approximate surface area is 128 Å². The number of aromatic nitrogens is 1. The van der Waals surface area contributed by atoms with E-state index in [1.807, 2.05) is 19.3 Å². The molecule has 0 saturated carbocycles. The van der Waals surface area contributed by atoms with Crippen molar-refractivity contribution in [3.63, 3.8) is 0 Å². The molecule has 1 heterocycles. The van der Waals surface area contributed by atoms with Gasteiger partial charge < -0.3 is 5.32 Å². The Morgan fingerprint density at radius 1 is 1.19 bits per heavy atom. The van der Waals surface area contributed by atoms with Crippen LogP contribution in [-0.2, 0) is 0 Å². The maximum atomic E-state index is 4.62. The monoisotopic (exact) mass is 285 g/mol. The standard InChI is InChI=1S/C18H27N3/c1-6-21(7-2)18(3,4)17(19-5)15-12-14-10-8-9-11-16(14)20-13-15/h8-13,17,19H,6-7H2,1-5H3. The van der Waals surface area contributed by atoms with Crippen LogP contribution in [0, 0.1) is 0 Å². The van der Waals surface area contributed by atoms with Crippen molar-refractivity contribution in [3.05, 3.63) is 42.1 Å². The number of nitrogens with zero attached hydrogens (tertiary/aromatic N) is 2. The minimum absolute atomic E-state index is 0.0301. The van der Waals surface area contributed by atoms with E-state index in [4.69, 9.17) is 0 Å². The topological polar surface area (TPSA) is 28.2 Å². The van der Waals surface area contributed by atoms with Gasteiger partial charge in [-0.3, -0.25) is 9.88 Å². The van der Waals surface area contributed by atoms with Crippen molar-refractivity contribution in [1.82, 2.24) is 15.2 Å². The Kier molecular flexibility index (Phi) is 4.96. The summed E-state index contributed by atoms with van der Waals surface area (Å²) in [5, 5.41) is 4.69. The van der Waals surface area contributed by atoms with E-state index >= 15 is 0 Å². The number of benzene rings is 1. The number of nitrogens with one attached hydrogen (secondary N) is 1. The van der Waals surface area contributed by atoms with Gasteiger partial charge in [0.2, 0.25) is 0 Å². The predicted octanol–water partition coefficient (Wildman–Crippen LogP) is 3.62. The molecule has 0 bridgehead atoms. The molecule has 1 unspecified atom stereocenters. The molecule has 1 N–H and O–H groups in total. The summed E-state index contributed by atoms with van der Waals surface area (Å²) < 4.78 is 0. The van der Waals surface area contributed by atoms with E-state index in [0.717, 1.165) is 18.6 Å². The minimum Gasteiger partial charge on any atom is -0.311 e. The SMILES string of the molecule is CCN(CC)C(C)(C)C(NC)c1cnc2ccccc2c1. The Bertz CT molecular complexity index is 588. The van der Waals surface area contributed by atoms with Crippen LogP contribution in [-0.4, -0.2) is 35.6 Å². The summed E-state index contributed by atoms with van der Waals surface area (Å²) >= 11 is 0. The van der Waals surface area contributed by atoms with Gasteiger partial charge >= 0.3 is 0 Å². The fourth-order valence-electron chi connectivity index (χ4n) is 3.39. The van der Waals surface area contributed by atoms with Crippen LogP contribution in [0.2, 0.25) is 0 Å². The Balaban J connectivity index is 2.43. The molecule has 0 saturated heterocycles. The van der Waals surface area contributed by atoms with Crippen molar-refractivity contribution in [3.8, 4) is 0 Å². The molecular weight excluding hydrogens is 258 g/mol. The molecule has 1 atom stereocenters. The van der Waals surface area contributed by atoms with E-state index in [1.54, 1.807) is 0 Å². The molecule has 0 amide bonds. The molecule has 2 aromatic rings. The number of pyridine rings is 1. The van der Waals surface area contributed by atoms with Crippen LogP contribution in [0.25, 0.3) is 10.9 Å². The number of hydrogen-bond acceptors (Lipinski definition) is 3. The predicted molar refractivity (Wildman–Crippen MR) is 90.5 cm³/mol. The van der Waals surface area contributed by atoms with Gasteiger partial charge in [-0.25, -0.2) is 0 Å². The third kappa shape index (κ3) is 3.09. The van der Waals surface area contributed by atoms with Gasteiger partial charge in [-0.1, -0.05) is 32.0 Å². The number of rotatable bonds is 6. The van der Waals surface area contributed by atoms with Gasteiger partial charge in [0.1, 0.15) is 0 Å². The largest absolute Gasteiger partial charge is 0.311 e. The molecule has 0 aliphatic carbocycles. The first-order valence-corrected chi connectivity index (χ1v) is 7.81. The van der Waals surface area contributed by atoms with E-state index in [9.17, 15) is 0 Å². The van der Waals surface area contributed by atoms with Gasteiger partial charge in [-0.2, -0.15) is 0 Å². The van der Waals surface area contributed by atoms with Crippen molar-refractivity contribution in [2.45, 2.75) is 39.3 Å². The summed E-state index contributed by atoms with van der Waals surface area (Å²) in [4.78, 5) is 7.11. The van der Waals surface area contributed by atoms with Crippen LogP contribution in [0.1, 0.15) is 39.3 Å². The lowest BCUT2D eigenvalue weighted by atomic mass is 9.87. The number of hydrogen-bond donors (Lipinski definition) is 1.